The van der Waals surface area contributed by atoms with Gasteiger partial charge in [0.1, 0.15) is 5.54 Å². The van der Waals surface area contributed by atoms with Gasteiger partial charge in [-0.2, -0.15) is 0 Å². The molecule has 0 saturated carbocycles. The average Bonchev–Trinajstić information content (AvgIpc) is 2.81. The number of carboxylic acids is 1. The minimum atomic E-state index is -1.09. The Morgan fingerprint density at radius 1 is 1.25 bits per heavy atom. The molecule has 0 aliphatic carbocycles. The number of hydrogen-bond acceptors (Lipinski definition) is 3. The summed E-state index contributed by atoms with van der Waals surface area (Å²) in [5.74, 6) is -1.15. The molecule has 5 nitrogen and oxygen atoms in total. The van der Waals surface area contributed by atoms with Crippen LogP contribution >= 0.6 is 0 Å². The van der Waals surface area contributed by atoms with E-state index < -0.39 is 11.5 Å². The van der Waals surface area contributed by atoms with Crippen molar-refractivity contribution in [1.29, 1.82) is 0 Å². The Kier molecular flexibility index (Phi) is 3.70. The molecule has 1 amide bonds. The van der Waals surface area contributed by atoms with Gasteiger partial charge in [0, 0.05) is 31.9 Å². The number of carbonyl (C=O) groups is 2. The molecule has 20 heavy (non-hydrogen) atoms. The zero-order valence-electron chi connectivity index (χ0n) is 12.1. The summed E-state index contributed by atoms with van der Waals surface area (Å²) in [6.45, 7) is 2.12. The summed E-state index contributed by atoms with van der Waals surface area (Å²) in [5.41, 5.74) is 0.450. The van der Waals surface area contributed by atoms with Gasteiger partial charge in [-0.15, -0.1) is 0 Å². The van der Waals surface area contributed by atoms with Crippen LogP contribution in [0.3, 0.4) is 0 Å². The minimum Gasteiger partial charge on any atom is -0.480 e. The van der Waals surface area contributed by atoms with Crippen LogP contribution in [0.15, 0.2) is 24.3 Å². The standard InChI is InChI=1S/C15H20N2O3/c1-15(14(19)20)9-4-10-17(15)13(18)11-5-7-12(8-6-11)16(2)3/h5-8H,4,9-10H2,1-3H3,(H,19,20). The number of hydrogen-bond donors (Lipinski definition) is 1. The normalized spacial score (nSPS) is 21.9. The Morgan fingerprint density at radius 2 is 1.85 bits per heavy atom. The fraction of sp³-hybridized carbons (Fsp3) is 0.467. The topological polar surface area (TPSA) is 60.9 Å². The fourth-order valence-corrected chi connectivity index (χ4v) is 2.57. The second-order valence-corrected chi connectivity index (χ2v) is 5.58. The molecule has 1 saturated heterocycles. The predicted molar refractivity (Wildman–Crippen MR) is 77.1 cm³/mol. The van der Waals surface area contributed by atoms with Crippen molar-refractivity contribution >= 4 is 17.6 Å². The quantitative estimate of drug-likeness (QED) is 0.915. The Morgan fingerprint density at radius 3 is 2.35 bits per heavy atom. The SMILES string of the molecule is CN(C)c1ccc(C(=O)N2CCCC2(C)C(=O)O)cc1. The first-order valence-corrected chi connectivity index (χ1v) is 6.69. The summed E-state index contributed by atoms with van der Waals surface area (Å²) in [6.07, 6.45) is 1.23. The van der Waals surface area contributed by atoms with Crippen LogP contribution in [-0.4, -0.2) is 48.1 Å². The molecule has 2 rings (SSSR count). The Balaban J connectivity index is 2.25. The van der Waals surface area contributed by atoms with Gasteiger partial charge < -0.3 is 14.9 Å². The smallest absolute Gasteiger partial charge is 0.329 e. The number of benzene rings is 1. The molecular weight excluding hydrogens is 256 g/mol. The van der Waals surface area contributed by atoms with Crippen molar-refractivity contribution in [3.63, 3.8) is 0 Å². The monoisotopic (exact) mass is 276 g/mol. The number of nitrogens with zero attached hydrogens (tertiary/aromatic N) is 2. The zero-order valence-corrected chi connectivity index (χ0v) is 12.1. The number of carboxylic acid groups (broad SMARTS) is 1. The molecule has 1 N–H and O–H groups in total. The highest BCUT2D eigenvalue weighted by atomic mass is 16.4. The third-order valence-corrected chi connectivity index (χ3v) is 3.98. The first kappa shape index (κ1) is 14.4. The lowest BCUT2D eigenvalue weighted by molar-refractivity contribution is -0.147. The van der Waals surface area contributed by atoms with Crippen LogP contribution in [-0.2, 0) is 4.79 Å². The van der Waals surface area contributed by atoms with E-state index in [9.17, 15) is 14.7 Å². The zero-order chi connectivity index (χ0) is 14.9. The van der Waals surface area contributed by atoms with E-state index in [1.807, 2.05) is 31.1 Å². The molecule has 0 bridgehead atoms. The lowest BCUT2D eigenvalue weighted by Crippen LogP contribution is -2.50. The number of carbonyl (C=O) groups excluding carboxylic acids is 1. The fourth-order valence-electron chi connectivity index (χ4n) is 2.57. The molecule has 0 aromatic heterocycles. The number of amides is 1. The van der Waals surface area contributed by atoms with Crippen LogP contribution < -0.4 is 4.90 Å². The summed E-state index contributed by atoms with van der Waals surface area (Å²) in [5, 5.41) is 9.36. The molecule has 1 aliphatic heterocycles. The summed E-state index contributed by atoms with van der Waals surface area (Å²) in [7, 11) is 3.86. The Bertz CT molecular complexity index is 524. The van der Waals surface area contributed by atoms with E-state index in [1.165, 1.54) is 4.90 Å². The van der Waals surface area contributed by atoms with Gasteiger partial charge in [-0.1, -0.05) is 0 Å². The van der Waals surface area contributed by atoms with E-state index in [2.05, 4.69) is 0 Å². The lowest BCUT2D eigenvalue weighted by Gasteiger charge is -2.31. The van der Waals surface area contributed by atoms with Crippen LogP contribution in [0.2, 0.25) is 0 Å². The largest absolute Gasteiger partial charge is 0.480 e. The summed E-state index contributed by atoms with van der Waals surface area (Å²) >= 11 is 0. The van der Waals surface area contributed by atoms with E-state index >= 15 is 0 Å². The third kappa shape index (κ3) is 2.35. The summed E-state index contributed by atoms with van der Waals surface area (Å²) in [6, 6.07) is 7.22. The predicted octanol–water partition coefficient (Wildman–Crippen LogP) is 1.83. The van der Waals surface area contributed by atoms with Crippen molar-refractivity contribution in [2.45, 2.75) is 25.3 Å². The lowest BCUT2D eigenvalue weighted by atomic mass is 9.98. The van der Waals surface area contributed by atoms with Gasteiger partial charge in [0.2, 0.25) is 0 Å². The summed E-state index contributed by atoms with van der Waals surface area (Å²) in [4.78, 5) is 27.3. The maximum Gasteiger partial charge on any atom is 0.329 e. The maximum absolute atomic E-state index is 12.5. The van der Waals surface area contributed by atoms with Crippen molar-refractivity contribution in [2.24, 2.45) is 0 Å². The average molecular weight is 276 g/mol. The van der Waals surface area contributed by atoms with Gasteiger partial charge in [-0.25, -0.2) is 4.79 Å². The second-order valence-electron chi connectivity index (χ2n) is 5.58. The first-order chi connectivity index (χ1) is 9.36. The molecule has 1 atom stereocenters. The van der Waals surface area contributed by atoms with Gasteiger partial charge in [0.15, 0.2) is 0 Å². The van der Waals surface area contributed by atoms with Crippen molar-refractivity contribution < 1.29 is 14.7 Å². The minimum absolute atomic E-state index is 0.210. The van der Waals surface area contributed by atoms with E-state index in [1.54, 1.807) is 19.1 Å². The van der Waals surface area contributed by atoms with Crippen molar-refractivity contribution in [1.82, 2.24) is 4.90 Å². The molecule has 1 fully saturated rings. The molecule has 5 heteroatoms. The Labute approximate surface area is 118 Å². The molecule has 1 heterocycles. The highest BCUT2D eigenvalue weighted by Crippen LogP contribution is 2.31. The highest BCUT2D eigenvalue weighted by Gasteiger charge is 2.46. The molecule has 108 valence electrons. The molecular formula is C15H20N2O3. The third-order valence-electron chi connectivity index (χ3n) is 3.98. The van der Waals surface area contributed by atoms with Gasteiger partial charge in [0.25, 0.3) is 5.91 Å². The van der Waals surface area contributed by atoms with Crippen LogP contribution in [0.5, 0.6) is 0 Å². The maximum atomic E-state index is 12.5. The molecule has 0 radical (unpaired) electrons. The number of aliphatic carboxylic acids is 1. The number of rotatable bonds is 3. The van der Waals surface area contributed by atoms with E-state index in [0.29, 0.717) is 18.5 Å². The second kappa shape index (κ2) is 5.15. The van der Waals surface area contributed by atoms with Crippen molar-refractivity contribution in [3.05, 3.63) is 29.8 Å². The van der Waals surface area contributed by atoms with Gasteiger partial charge in [-0.3, -0.25) is 4.79 Å². The number of anilines is 1. The van der Waals surface area contributed by atoms with Crippen LogP contribution in [0.25, 0.3) is 0 Å². The Hall–Kier alpha value is -2.04. The number of likely N-dealkylation sites (tertiary alicyclic amines) is 1. The van der Waals surface area contributed by atoms with Gasteiger partial charge in [0.05, 0.1) is 0 Å². The highest BCUT2D eigenvalue weighted by molar-refractivity contribution is 5.98. The molecule has 1 unspecified atom stereocenters. The van der Waals surface area contributed by atoms with Crippen molar-refractivity contribution in [2.75, 3.05) is 25.5 Å². The summed E-state index contributed by atoms with van der Waals surface area (Å²) < 4.78 is 0. The van der Waals surface area contributed by atoms with Crippen LogP contribution in [0, 0.1) is 0 Å². The van der Waals surface area contributed by atoms with Gasteiger partial charge >= 0.3 is 5.97 Å². The van der Waals surface area contributed by atoms with E-state index in [-0.39, 0.29) is 5.91 Å². The molecule has 0 spiro atoms. The van der Waals surface area contributed by atoms with Gasteiger partial charge in [-0.05, 0) is 44.0 Å². The first-order valence-electron chi connectivity index (χ1n) is 6.69. The molecule has 1 aromatic carbocycles. The molecule has 1 aromatic rings. The van der Waals surface area contributed by atoms with Crippen LogP contribution in [0.4, 0.5) is 5.69 Å². The van der Waals surface area contributed by atoms with Crippen molar-refractivity contribution in [3.8, 4) is 0 Å². The molecule has 1 aliphatic rings. The van der Waals surface area contributed by atoms with E-state index in [0.717, 1.165) is 12.1 Å². The van der Waals surface area contributed by atoms with E-state index in [4.69, 9.17) is 0 Å². The van der Waals surface area contributed by atoms with Crippen LogP contribution in [0.1, 0.15) is 30.1 Å².